The van der Waals surface area contributed by atoms with E-state index in [1.54, 1.807) is 11.8 Å². The highest BCUT2D eigenvalue weighted by atomic mass is 35.5. The van der Waals surface area contributed by atoms with Crippen LogP contribution in [0.2, 0.25) is 5.15 Å². The molecule has 1 heterocycles. The van der Waals surface area contributed by atoms with Crippen LogP contribution < -0.4 is 5.73 Å². The summed E-state index contributed by atoms with van der Waals surface area (Å²) in [6, 6.07) is -0.0598. The van der Waals surface area contributed by atoms with Crippen molar-refractivity contribution in [2.45, 2.75) is 32.4 Å². The van der Waals surface area contributed by atoms with Crippen molar-refractivity contribution in [3.63, 3.8) is 0 Å². The highest BCUT2D eigenvalue weighted by molar-refractivity contribution is 6.30. The highest BCUT2D eigenvalue weighted by Crippen LogP contribution is 2.20. The number of hydrogen-bond donors (Lipinski definition) is 1. The number of methoxy groups -OCH3 is 1. The molecule has 0 aliphatic rings. The molecule has 1 rings (SSSR count). The van der Waals surface area contributed by atoms with Gasteiger partial charge in [-0.15, -0.1) is 0 Å². The smallest absolute Gasteiger partial charge is 0.130 e. The molecule has 0 bridgehead atoms. The van der Waals surface area contributed by atoms with Crippen LogP contribution in [0.1, 0.15) is 18.2 Å². The van der Waals surface area contributed by atoms with Crippen LogP contribution in [-0.4, -0.2) is 29.0 Å². The van der Waals surface area contributed by atoms with Crippen LogP contribution in [0.5, 0.6) is 0 Å². The van der Waals surface area contributed by atoms with E-state index >= 15 is 0 Å². The van der Waals surface area contributed by atoms with Crippen molar-refractivity contribution in [1.82, 2.24) is 9.78 Å². The third-order valence-corrected chi connectivity index (χ3v) is 3.16. The van der Waals surface area contributed by atoms with E-state index in [9.17, 15) is 0 Å². The van der Waals surface area contributed by atoms with Crippen LogP contribution in [0, 0.1) is 6.92 Å². The molecular weight excluding hydrogens is 214 g/mol. The summed E-state index contributed by atoms with van der Waals surface area (Å²) in [5, 5.41) is 4.90. The predicted molar refractivity (Wildman–Crippen MR) is 61.1 cm³/mol. The Hall–Kier alpha value is -0.580. The van der Waals surface area contributed by atoms with Gasteiger partial charge in [0, 0.05) is 25.8 Å². The molecule has 4 nitrogen and oxygen atoms in total. The van der Waals surface area contributed by atoms with Crippen molar-refractivity contribution in [2.24, 2.45) is 12.8 Å². The van der Waals surface area contributed by atoms with Crippen LogP contribution in [0.25, 0.3) is 0 Å². The zero-order valence-electron chi connectivity index (χ0n) is 9.62. The lowest BCUT2D eigenvalue weighted by atomic mass is 10.0. The van der Waals surface area contributed by atoms with Gasteiger partial charge >= 0.3 is 0 Å². The molecule has 2 N–H and O–H groups in total. The van der Waals surface area contributed by atoms with Crippen LogP contribution in [0.15, 0.2) is 0 Å². The first-order valence-corrected chi connectivity index (χ1v) is 5.31. The van der Waals surface area contributed by atoms with Crippen molar-refractivity contribution in [3.05, 3.63) is 16.4 Å². The van der Waals surface area contributed by atoms with E-state index in [0.717, 1.165) is 11.3 Å². The lowest BCUT2D eigenvalue weighted by molar-refractivity contribution is 0.0955. The number of rotatable bonds is 4. The Balaban J connectivity index is 2.80. The van der Waals surface area contributed by atoms with Gasteiger partial charge in [-0.05, 0) is 20.3 Å². The maximum atomic E-state index is 6.11. The second kappa shape index (κ2) is 4.96. The Morgan fingerprint density at radius 1 is 1.60 bits per heavy atom. The minimum absolute atomic E-state index is 0.0145. The quantitative estimate of drug-likeness (QED) is 0.850. The average Bonchev–Trinajstić information content (AvgIpc) is 2.43. The van der Waals surface area contributed by atoms with E-state index in [2.05, 4.69) is 5.10 Å². The minimum atomic E-state index is -0.0598. The molecule has 0 fully saturated rings. The molecule has 0 aromatic carbocycles. The summed E-state index contributed by atoms with van der Waals surface area (Å²) in [5.41, 5.74) is 7.93. The maximum Gasteiger partial charge on any atom is 0.130 e. The number of nitrogens with zero attached hydrogens (tertiary/aromatic N) is 2. The van der Waals surface area contributed by atoms with Crippen LogP contribution in [0.3, 0.4) is 0 Å². The molecule has 0 saturated heterocycles. The summed E-state index contributed by atoms with van der Waals surface area (Å²) in [7, 11) is 3.48. The highest BCUT2D eigenvalue weighted by Gasteiger charge is 2.18. The number of aromatic nitrogens is 2. The van der Waals surface area contributed by atoms with Crippen molar-refractivity contribution in [2.75, 3.05) is 7.11 Å². The third kappa shape index (κ3) is 2.71. The fourth-order valence-electron chi connectivity index (χ4n) is 1.48. The number of nitrogens with two attached hydrogens (primary N) is 1. The molecule has 15 heavy (non-hydrogen) atoms. The first-order valence-electron chi connectivity index (χ1n) is 4.93. The molecule has 2 atom stereocenters. The van der Waals surface area contributed by atoms with Crippen molar-refractivity contribution in [3.8, 4) is 0 Å². The average molecular weight is 232 g/mol. The van der Waals surface area contributed by atoms with Gasteiger partial charge < -0.3 is 10.5 Å². The van der Waals surface area contributed by atoms with Gasteiger partial charge in [0.1, 0.15) is 5.15 Å². The van der Waals surface area contributed by atoms with Gasteiger partial charge in [-0.3, -0.25) is 4.68 Å². The van der Waals surface area contributed by atoms with E-state index in [-0.39, 0.29) is 12.1 Å². The fraction of sp³-hybridized carbons (Fsp3) is 0.700. The van der Waals surface area contributed by atoms with E-state index in [4.69, 9.17) is 22.1 Å². The SMILES string of the molecule is COC(C)C(N)Cc1c(C)nn(C)c1Cl. The Kier molecular flexibility index (Phi) is 4.13. The van der Waals surface area contributed by atoms with Gasteiger partial charge in [-0.25, -0.2) is 0 Å². The number of aryl methyl sites for hydroxylation is 2. The molecule has 1 aromatic heterocycles. The minimum Gasteiger partial charge on any atom is -0.380 e. The third-order valence-electron chi connectivity index (χ3n) is 2.68. The lowest BCUT2D eigenvalue weighted by Crippen LogP contribution is -2.36. The second-order valence-corrected chi connectivity index (χ2v) is 4.15. The first-order chi connectivity index (χ1) is 6.97. The maximum absolute atomic E-state index is 6.11. The molecule has 0 spiro atoms. The molecule has 2 unspecified atom stereocenters. The molecule has 0 saturated carbocycles. The zero-order valence-corrected chi connectivity index (χ0v) is 10.4. The van der Waals surface area contributed by atoms with Gasteiger partial charge in [-0.2, -0.15) is 5.10 Å². The monoisotopic (exact) mass is 231 g/mol. The lowest BCUT2D eigenvalue weighted by Gasteiger charge is -2.18. The van der Waals surface area contributed by atoms with E-state index in [1.165, 1.54) is 0 Å². The summed E-state index contributed by atoms with van der Waals surface area (Å²) >= 11 is 6.11. The normalized spacial score (nSPS) is 15.3. The van der Waals surface area contributed by atoms with E-state index < -0.39 is 0 Å². The van der Waals surface area contributed by atoms with Gasteiger partial charge in [0.05, 0.1) is 11.8 Å². The van der Waals surface area contributed by atoms with Crippen molar-refractivity contribution in [1.29, 1.82) is 0 Å². The summed E-state index contributed by atoms with van der Waals surface area (Å²) in [4.78, 5) is 0. The van der Waals surface area contributed by atoms with Gasteiger partial charge in [0.2, 0.25) is 0 Å². The Morgan fingerprint density at radius 3 is 2.60 bits per heavy atom. The van der Waals surface area contributed by atoms with E-state index in [0.29, 0.717) is 11.6 Å². The Morgan fingerprint density at radius 2 is 2.20 bits per heavy atom. The summed E-state index contributed by atoms with van der Waals surface area (Å²) in [6.07, 6.45) is 0.703. The molecule has 0 radical (unpaired) electrons. The number of hydrogen-bond acceptors (Lipinski definition) is 3. The largest absolute Gasteiger partial charge is 0.380 e. The standard InChI is InChI=1S/C10H18ClN3O/c1-6-8(10(11)14(3)13-6)5-9(12)7(2)15-4/h7,9H,5,12H2,1-4H3. The first kappa shape index (κ1) is 12.5. The fourth-order valence-corrected chi connectivity index (χ4v) is 1.73. The number of ether oxygens (including phenoxy) is 1. The second-order valence-electron chi connectivity index (χ2n) is 3.79. The van der Waals surface area contributed by atoms with Crippen LogP contribution in [0.4, 0.5) is 0 Å². The summed E-state index contributed by atoms with van der Waals surface area (Å²) in [6.45, 7) is 3.88. The Labute approximate surface area is 95.3 Å². The molecule has 0 amide bonds. The molecule has 1 aromatic rings. The molecule has 0 aliphatic carbocycles. The molecule has 86 valence electrons. The van der Waals surface area contributed by atoms with Crippen molar-refractivity contribution >= 4 is 11.6 Å². The van der Waals surface area contributed by atoms with Crippen LogP contribution in [-0.2, 0) is 18.2 Å². The molecular formula is C10H18ClN3O. The summed E-state index contributed by atoms with van der Waals surface area (Å²) < 4.78 is 6.84. The van der Waals surface area contributed by atoms with E-state index in [1.807, 2.05) is 20.9 Å². The van der Waals surface area contributed by atoms with Crippen molar-refractivity contribution < 1.29 is 4.74 Å². The zero-order chi connectivity index (χ0) is 11.6. The van der Waals surface area contributed by atoms with Crippen LogP contribution >= 0.6 is 11.6 Å². The van der Waals surface area contributed by atoms with Gasteiger partial charge in [0.25, 0.3) is 0 Å². The predicted octanol–water partition coefficient (Wildman–Crippen LogP) is 1.29. The molecule has 0 aliphatic heterocycles. The Bertz CT molecular complexity index is 338. The van der Waals surface area contributed by atoms with Gasteiger partial charge in [0.15, 0.2) is 0 Å². The van der Waals surface area contributed by atoms with Gasteiger partial charge in [-0.1, -0.05) is 11.6 Å². The summed E-state index contributed by atoms with van der Waals surface area (Å²) in [5.74, 6) is 0. The number of halogens is 1. The molecule has 5 heteroatoms. The topological polar surface area (TPSA) is 53.1 Å².